The molecule has 0 spiro atoms. The van der Waals surface area contributed by atoms with Crippen LogP contribution in [0.4, 0.5) is 5.95 Å². The van der Waals surface area contributed by atoms with Crippen molar-refractivity contribution >= 4 is 11.7 Å². The lowest BCUT2D eigenvalue weighted by Gasteiger charge is -2.28. The van der Waals surface area contributed by atoms with Crippen molar-refractivity contribution in [2.24, 2.45) is 0 Å². The molecule has 0 amide bonds. The summed E-state index contributed by atoms with van der Waals surface area (Å²) in [6, 6.07) is 5.40. The fraction of sp³-hybridized carbons (Fsp3) is 0.450. The number of nitrogens with one attached hydrogen (secondary N) is 1. The largest absolute Gasteiger partial charge is 0.493 e. The van der Waals surface area contributed by atoms with Gasteiger partial charge in [-0.05, 0) is 38.0 Å². The molecule has 1 N–H and O–H groups in total. The lowest BCUT2D eigenvalue weighted by molar-refractivity contribution is -0.114. The lowest BCUT2D eigenvalue weighted by atomic mass is 9.93. The van der Waals surface area contributed by atoms with Gasteiger partial charge in [0.1, 0.15) is 12.4 Å². The topological polar surface area (TPSA) is 78.3 Å². The number of anilines is 1. The minimum Gasteiger partial charge on any atom is -0.493 e. The van der Waals surface area contributed by atoms with Gasteiger partial charge in [-0.1, -0.05) is 25.8 Å². The molecule has 1 aliphatic rings. The molecule has 0 aliphatic carbocycles. The van der Waals surface area contributed by atoms with E-state index < -0.39 is 0 Å². The maximum absolute atomic E-state index is 12.3. The predicted molar refractivity (Wildman–Crippen MR) is 103 cm³/mol. The number of unbranched alkanes of at least 4 members (excludes halogenated alkanes) is 2. The molecule has 0 saturated heterocycles. The number of carbonyl (C=O) groups is 1. The van der Waals surface area contributed by atoms with E-state index in [1.807, 2.05) is 25.1 Å². The van der Waals surface area contributed by atoms with Gasteiger partial charge in [-0.25, -0.2) is 4.68 Å². The van der Waals surface area contributed by atoms with Crippen LogP contribution in [0, 0.1) is 0 Å². The van der Waals surface area contributed by atoms with E-state index in [0.29, 0.717) is 29.6 Å². The van der Waals surface area contributed by atoms with Crippen LogP contribution in [-0.4, -0.2) is 34.3 Å². The van der Waals surface area contributed by atoms with E-state index in [2.05, 4.69) is 22.3 Å². The Bertz CT molecular complexity index is 857. The molecule has 1 aromatic heterocycles. The smallest absolute Gasteiger partial charge is 0.226 e. The molecular formula is C20H26N4O3. The summed E-state index contributed by atoms with van der Waals surface area (Å²) in [6.07, 6.45) is 4.77. The molecule has 0 unspecified atom stereocenters. The summed E-state index contributed by atoms with van der Waals surface area (Å²) in [5.41, 5.74) is 2.34. The molecule has 7 heteroatoms. The summed E-state index contributed by atoms with van der Waals surface area (Å²) in [4.78, 5) is 16.6. The Morgan fingerprint density at radius 2 is 2.11 bits per heavy atom. The minimum atomic E-state index is -0.357. The van der Waals surface area contributed by atoms with Crippen LogP contribution >= 0.6 is 0 Å². The molecule has 144 valence electrons. The van der Waals surface area contributed by atoms with Crippen LogP contribution in [0.15, 0.2) is 35.8 Å². The van der Waals surface area contributed by atoms with Gasteiger partial charge < -0.3 is 14.8 Å². The number of allylic oxidation sites excluding steroid dienone is 2. The fourth-order valence-electron chi connectivity index (χ4n) is 3.36. The number of benzene rings is 1. The lowest BCUT2D eigenvalue weighted by Crippen LogP contribution is -2.27. The van der Waals surface area contributed by atoms with Gasteiger partial charge in [0, 0.05) is 11.3 Å². The summed E-state index contributed by atoms with van der Waals surface area (Å²) >= 11 is 0. The molecule has 0 saturated carbocycles. The zero-order chi connectivity index (χ0) is 19.4. The average Bonchev–Trinajstić information content (AvgIpc) is 3.11. The second-order valence-electron chi connectivity index (χ2n) is 6.62. The molecule has 1 aromatic carbocycles. The Morgan fingerprint density at radius 1 is 1.30 bits per heavy atom. The van der Waals surface area contributed by atoms with Crippen LogP contribution in [0.2, 0.25) is 0 Å². The highest BCUT2D eigenvalue weighted by Gasteiger charge is 2.32. The molecule has 0 radical (unpaired) electrons. The van der Waals surface area contributed by atoms with Crippen molar-refractivity contribution in [2.45, 2.75) is 46.1 Å². The van der Waals surface area contributed by atoms with Crippen LogP contribution in [-0.2, 0) is 4.79 Å². The molecule has 7 nitrogen and oxygen atoms in total. The first-order chi connectivity index (χ1) is 13.1. The highest BCUT2D eigenvalue weighted by atomic mass is 16.5. The van der Waals surface area contributed by atoms with Crippen LogP contribution in [0.25, 0.3) is 0 Å². The third-order valence-electron chi connectivity index (χ3n) is 4.68. The van der Waals surface area contributed by atoms with Gasteiger partial charge in [0.05, 0.1) is 13.7 Å². The average molecular weight is 370 g/mol. The number of nitrogens with zero attached hydrogens (tertiary/aromatic N) is 3. The number of aromatic nitrogens is 3. The second-order valence-corrected chi connectivity index (χ2v) is 6.62. The first-order valence-electron chi connectivity index (χ1n) is 9.25. The summed E-state index contributed by atoms with van der Waals surface area (Å²) < 4.78 is 13.1. The Hall–Kier alpha value is -2.83. The maximum atomic E-state index is 12.3. The number of ketones is 1. The molecule has 27 heavy (non-hydrogen) atoms. The van der Waals surface area contributed by atoms with Gasteiger partial charge in [0.2, 0.25) is 5.95 Å². The van der Waals surface area contributed by atoms with Crippen molar-refractivity contribution in [1.29, 1.82) is 0 Å². The van der Waals surface area contributed by atoms with Crippen molar-refractivity contribution in [3.63, 3.8) is 0 Å². The molecule has 2 aromatic rings. The highest BCUT2D eigenvalue weighted by Crippen LogP contribution is 2.38. The van der Waals surface area contributed by atoms with Crippen molar-refractivity contribution in [3.05, 3.63) is 41.4 Å². The van der Waals surface area contributed by atoms with E-state index in [4.69, 9.17) is 9.47 Å². The van der Waals surface area contributed by atoms with E-state index in [0.717, 1.165) is 30.5 Å². The summed E-state index contributed by atoms with van der Waals surface area (Å²) in [7, 11) is 1.62. The van der Waals surface area contributed by atoms with Gasteiger partial charge in [-0.2, -0.15) is 10.1 Å². The summed E-state index contributed by atoms with van der Waals surface area (Å²) in [5.74, 6) is 1.95. The van der Waals surface area contributed by atoms with Gasteiger partial charge in [0.25, 0.3) is 0 Å². The Labute approximate surface area is 159 Å². The third-order valence-corrected chi connectivity index (χ3v) is 4.68. The monoisotopic (exact) mass is 370 g/mol. The van der Waals surface area contributed by atoms with Crippen molar-refractivity contribution in [2.75, 3.05) is 19.0 Å². The van der Waals surface area contributed by atoms with Gasteiger partial charge in [-0.15, -0.1) is 0 Å². The summed E-state index contributed by atoms with van der Waals surface area (Å²) in [5, 5.41) is 7.46. The molecule has 2 heterocycles. The van der Waals surface area contributed by atoms with Gasteiger partial charge >= 0.3 is 0 Å². The van der Waals surface area contributed by atoms with Crippen molar-refractivity contribution in [1.82, 2.24) is 14.8 Å². The minimum absolute atomic E-state index is 0.00925. The van der Waals surface area contributed by atoms with Crippen LogP contribution in [0.3, 0.4) is 0 Å². The fourth-order valence-corrected chi connectivity index (χ4v) is 3.36. The first-order valence-corrected chi connectivity index (χ1v) is 9.25. The number of hydrogen-bond acceptors (Lipinski definition) is 6. The number of Topliss-reactive ketones (excluding diaryl/α,β-unsaturated/α-hetero) is 1. The number of hydrogen-bond donors (Lipinski definition) is 1. The van der Waals surface area contributed by atoms with E-state index in [1.54, 1.807) is 18.7 Å². The molecule has 1 atom stereocenters. The van der Waals surface area contributed by atoms with Crippen molar-refractivity contribution < 1.29 is 14.3 Å². The number of methoxy groups -OCH3 is 1. The summed E-state index contributed by atoms with van der Waals surface area (Å²) in [6.45, 7) is 6.26. The Kier molecular flexibility index (Phi) is 5.78. The van der Waals surface area contributed by atoms with E-state index in [9.17, 15) is 4.79 Å². The second kappa shape index (κ2) is 8.24. The Balaban J connectivity index is 1.96. The first kappa shape index (κ1) is 18.9. The Morgan fingerprint density at radius 3 is 2.81 bits per heavy atom. The van der Waals surface area contributed by atoms with E-state index in [-0.39, 0.29) is 11.8 Å². The zero-order valence-electron chi connectivity index (χ0n) is 16.3. The maximum Gasteiger partial charge on any atom is 0.226 e. The molecular weight excluding hydrogens is 344 g/mol. The number of fused-ring (bicyclic) bond motifs is 1. The predicted octanol–water partition coefficient (Wildman–Crippen LogP) is 3.73. The van der Waals surface area contributed by atoms with Crippen LogP contribution < -0.4 is 14.8 Å². The highest BCUT2D eigenvalue weighted by molar-refractivity contribution is 5.96. The normalized spacial score (nSPS) is 15.9. The van der Waals surface area contributed by atoms with E-state index in [1.165, 1.54) is 6.33 Å². The van der Waals surface area contributed by atoms with E-state index >= 15 is 0 Å². The molecule has 0 fully saturated rings. The molecule has 0 bridgehead atoms. The number of carbonyl (C=O) groups excluding carboxylic acids is 1. The number of ether oxygens (including phenoxy) is 2. The van der Waals surface area contributed by atoms with Crippen molar-refractivity contribution in [3.8, 4) is 11.5 Å². The third kappa shape index (κ3) is 3.82. The van der Waals surface area contributed by atoms with Gasteiger partial charge in [-0.3, -0.25) is 4.79 Å². The van der Waals surface area contributed by atoms with Gasteiger partial charge in [0.15, 0.2) is 17.3 Å². The number of rotatable bonds is 8. The standard InChI is InChI=1S/C20H26N4O3/c1-5-6-7-10-27-16-9-8-15(11-17(16)26-4)19-18(14(3)25)13(2)23-20-21-12-22-24(19)20/h8-9,11-12,19H,5-7,10H2,1-4H3,(H,21,22,23)/t19-/m0/s1. The molecule has 1 aliphatic heterocycles. The van der Waals surface area contributed by atoms with Crippen LogP contribution in [0.5, 0.6) is 11.5 Å². The molecule has 3 rings (SSSR count). The quantitative estimate of drug-likeness (QED) is 0.713. The SMILES string of the molecule is CCCCCOc1ccc([C@H]2C(C(C)=O)=C(C)Nc3ncnn32)cc1OC. The van der Waals surface area contributed by atoms with Crippen LogP contribution in [0.1, 0.15) is 51.6 Å². The zero-order valence-corrected chi connectivity index (χ0v) is 16.3.